The average molecular weight is 365 g/mol. The number of aromatic amines is 1. The molecular formula is C21H23N3O3. The fourth-order valence-corrected chi connectivity index (χ4v) is 4.27. The number of nitrogens with one attached hydrogen (secondary N) is 3. The highest BCUT2D eigenvalue weighted by Crippen LogP contribution is 2.41. The zero-order chi connectivity index (χ0) is 19.1. The van der Waals surface area contributed by atoms with Gasteiger partial charge < -0.3 is 20.7 Å². The van der Waals surface area contributed by atoms with Gasteiger partial charge in [0.05, 0.1) is 11.1 Å². The van der Waals surface area contributed by atoms with Crippen LogP contribution in [0.4, 0.5) is 5.69 Å². The number of aryl methyl sites for hydroxylation is 1. The largest absolute Gasteiger partial charge is 0.478 e. The molecule has 1 aromatic carbocycles. The Labute approximate surface area is 157 Å². The van der Waals surface area contributed by atoms with Crippen LogP contribution in [0.1, 0.15) is 57.2 Å². The molecule has 2 aliphatic heterocycles. The molecule has 0 atom stereocenters. The lowest BCUT2D eigenvalue weighted by molar-refractivity contribution is -0.110. The molecule has 140 valence electrons. The first-order chi connectivity index (χ1) is 13.0. The predicted molar refractivity (Wildman–Crippen MR) is 105 cm³/mol. The summed E-state index contributed by atoms with van der Waals surface area (Å²) in [5, 5.41) is 15.8. The minimum Gasteiger partial charge on any atom is -0.478 e. The number of piperidine rings is 1. The van der Waals surface area contributed by atoms with Gasteiger partial charge in [-0.1, -0.05) is 12.1 Å². The SMILES string of the molecule is Cc1[nH]c(/C=C2\C(=O)Nc3cccc(C4CCNCC4)c32)c(C)c1C(=O)O. The normalized spacial score (nSPS) is 18.6. The maximum atomic E-state index is 12.7. The highest BCUT2D eigenvalue weighted by Gasteiger charge is 2.30. The van der Waals surface area contributed by atoms with Gasteiger partial charge in [0, 0.05) is 22.6 Å². The second-order valence-electron chi connectivity index (χ2n) is 7.28. The number of rotatable bonds is 3. The summed E-state index contributed by atoms with van der Waals surface area (Å²) in [6.07, 6.45) is 3.88. The summed E-state index contributed by atoms with van der Waals surface area (Å²) in [6.45, 7) is 5.46. The van der Waals surface area contributed by atoms with Crippen molar-refractivity contribution in [2.24, 2.45) is 0 Å². The molecule has 3 heterocycles. The average Bonchev–Trinajstić information content (AvgIpc) is 3.11. The Hall–Kier alpha value is -2.86. The monoisotopic (exact) mass is 365 g/mol. The lowest BCUT2D eigenvalue weighted by Crippen LogP contribution is -2.27. The van der Waals surface area contributed by atoms with E-state index in [1.54, 1.807) is 19.9 Å². The number of aromatic carboxylic acids is 1. The Morgan fingerprint density at radius 3 is 2.63 bits per heavy atom. The molecule has 0 spiro atoms. The first kappa shape index (κ1) is 17.5. The van der Waals surface area contributed by atoms with Crippen molar-refractivity contribution in [2.45, 2.75) is 32.6 Å². The van der Waals surface area contributed by atoms with E-state index in [1.165, 1.54) is 5.56 Å². The molecule has 1 saturated heterocycles. The first-order valence-corrected chi connectivity index (χ1v) is 9.27. The van der Waals surface area contributed by atoms with Crippen LogP contribution in [0.2, 0.25) is 0 Å². The van der Waals surface area contributed by atoms with Crippen molar-refractivity contribution < 1.29 is 14.7 Å². The number of H-pyrrole nitrogens is 1. The molecule has 4 rings (SSSR count). The molecule has 2 aliphatic rings. The Morgan fingerprint density at radius 2 is 1.96 bits per heavy atom. The predicted octanol–water partition coefficient (Wildman–Crippen LogP) is 3.29. The molecular weight excluding hydrogens is 342 g/mol. The molecule has 6 nitrogen and oxygen atoms in total. The molecule has 6 heteroatoms. The third-order valence-corrected chi connectivity index (χ3v) is 5.62. The smallest absolute Gasteiger partial charge is 0.337 e. The van der Waals surface area contributed by atoms with E-state index in [0.29, 0.717) is 28.4 Å². The number of amides is 1. The zero-order valence-electron chi connectivity index (χ0n) is 15.5. The molecule has 0 unspecified atom stereocenters. The molecule has 2 aromatic rings. The first-order valence-electron chi connectivity index (χ1n) is 9.27. The van der Waals surface area contributed by atoms with Gasteiger partial charge >= 0.3 is 5.97 Å². The number of hydrogen-bond acceptors (Lipinski definition) is 3. The minimum atomic E-state index is -0.961. The molecule has 4 N–H and O–H groups in total. The van der Waals surface area contributed by atoms with Crippen molar-refractivity contribution in [1.29, 1.82) is 0 Å². The van der Waals surface area contributed by atoms with Crippen molar-refractivity contribution in [2.75, 3.05) is 18.4 Å². The number of fused-ring (bicyclic) bond motifs is 1. The summed E-state index contributed by atoms with van der Waals surface area (Å²) < 4.78 is 0. The molecule has 0 bridgehead atoms. The summed E-state index contributed by atoms with van der Waals surface area (Å²) in [5.74, 6) is -0.689. The molecule has 1 fully saturated rings. The summed E-state index contributed by atoms with van der Waals surface area (Å²) in [5.41, 5.74) is 5.76. The molecule has 0 radical (unpaired) electrons. The molecule has 1 aromatic heterocycles. The standard InChI is InChI=1S/C21H23N3O3/c1-11-17(23-12(2)18(11)21(26)27)10-15-19-14(13-6-8-22-9-7-13)4-3-5-16(19)24-20(15)25/h3-5,10,13,22-23H,6-9H2,1-2H3,(H,24,25)(H,26,27)/b15-10-. The third kappa shape index (κ3) is 2.96. The van der Waals surface area contributed by atoms with E-state index in [2.05, 4.69) is 21.7 Å². The van der Waals surface area contributed by atoms with E-state index < -0.39 is 5.97 Å². The van der Waals surface area contributed by atoms with Crippen molar-refractivity contribution in [3.63, 3.8) is 0 Å². The number of aromatic nitrogens is 1. The third-order valence-electron chi connectivity index (χ3n) is 5.62. The topological polar surface area (TPSA) is 94.2 Å². The van der Waals surface area contributed by atoms with Gasteiger partial charge in [-0.3, -0.25) is 4.79 Å². The van der Waals surface area contributed by atoms with Gasteiger partial charge in [-0.05, 0) is 69.0 Å². The summed E-state index contributed by atoms with van der Waals surface area (Å²) in [6, 6.07) is 6.03. The fourth-order valence-electron chi connectivity index (χ4n) is 4.27. The van der Waals surface area contributed by atoms with Crippen LogP contribution in [0.25, 0.3) is 11.6 Å². The maximum Gasteiger partial charge on any atom is 0.337 e. The van der Waals surface area contributed by atoms with E-state index in [0.717, 1.165) is 37.2 Å². The van der Waals surface area contributed by atoms with E-state index in [4.69, 9.17) is 0 Å². The van der Waals surface area contributed by atoms with E-state index in [1.807, 2.05) is 12.1 Å². The van der Waals surface area contributed by atoms with Crippen LogP contribution >= 0.6 is 0 Å². The summed E-state index contributed by atoms with van der Waals surface area (Å²) in [4.78, 5) is 27.3. The second kappa shape index (κ2) is 6.70. The number of carbonyl (C=O) groups excluding carboxylic acids is 1. The van der Waals surface area contributed by atoms with Crippen molar-refractivity contribution in [3.8, 4) is 0 Å². The maximum absolute atomic E-state index is 12.7. The van der Waals surface area contributed by atoms with Crippen molar-refractivity contribution >= 4 is 29.2 Å². The van der Waals surface area contributed by atoms with E-state index >= 15 is 0 Å². The number of carbonyl (C=O) groups is 2. The zero-order valence-corrected chi connectivity index (χ0v) is 15.5. The van der Waals surface area contributed by atoms with Crippen LogP contribution in [0.15, 0.2) is 18.2 Å². The van der Waals surface area contributed by atoms with Crippen LogP contribution in [0.3, 0.4) is 0 Å². The lowest BCUT2D eigenvalue weighted by atomic mass is 9.85. The van der Waals surface area contributed by atoms with Crippen molar-refractivity contribution in [3.05, 3.63) is 51.8 Å². The van der Waals surface area contributed by atoms with Crippen LogP contribution in [-0.4, -0.2) is 35.1 Å². The fraction of sp³-hybridized carbons (Fsp3) is 0.333. The van der Waals surface area contributed by atoms with E-state index in [9.17, 15) is 14.7 Å². The Balaban J connectivity index is 1.83. The summed E-state index contributed by atoms with van der Waals surface area (Å²) in [7, 11) is 0. The highest BCUT2D eigenvalue weighted by molar-refractivity contribution is 6.35. The molecule has 0 aliphatic carbocycles. The van der Waals surface area contributed by atoms with Gasteiger partial charge in [0.1, 0.15) is 0 Å². The van der Waals surface area contributed by atoms with Crippen molar-refractivity contribution in [1.82, 2.24) is 10.3 Å². The number of anilines is 1. The van der Waals surface area contributed by atoms with Gasteiger partial charge in [0.25, 0.3) is 5.91 Å². The Bertz CT molecular complexity index is 965. The molecule has 0 saturated carbocycles. The van der Waals surface area contributed by atoms with Crippen LogP contribution in [-0.2, 0) is 4.79 Å². The van der Waals surface area contributed by atoms with Gasteiger partial charge in [-0.25, -0.2) is 4.79 Å². The van der Waals surface area contributed by atoms with Crippen LogP contribution in [0.5, 0.6) is 0 Å². The Morgan fingerprint density at radius 1 is 1.22 bits per heavy atom. The lowest BCUT2D eigenvalue weighted by Gasteiger charge is -2.25. The van der Waals surface area contributed by atoms with Gasteiger partial charge in [0.15, 0.2) is 0 Å². The second-order valence-corrected chi connectivity index (χ2v) is 7.28. The number of carboxylic acids is 1. The quantitative estimate of drug-likeness (QED) is 0.628. The van der Waals surface area contributed by atoms with Gasteiger partial charge in [0.2, 0.25) is 0 Å². The van der Waals surface area contributed by atoms with Gasteiger partial charge in [-0.15, -0.1) is 0 Å². The Kier molecular flexibility index (Phi) is 4.36. The van der Waals surface area contributed by atoms with E-state index in [-0.39, 0.29) is 11.5 Å². The highest BCUT2D eigenvalue weighted by atomic mass is 16.4. The number of hydrogen-bond donors (Lipinski definition) is 4. The van der Waals surface area contributed by atoms with Crippen LogP contribution in [0, 0.1) is 13.8 Å². The number of carboxylic acid groups (broad SMARTS) is 1. The van der Waals surface area contributed by atoms with Gasteiger partial charge in [-0.2, -0.15) is 0 Å². The van der Waals surface area contributed by atoms with Crippen LogP contribution < -0.4 is 10.6 Å². The molecule has 27 heavy (non-hydrogen) atoms. The minimum absolute atomic E-state index is 0.144. The molecule has 1 amide bonds. The summed E-state index contributed by atoms with van der Waals surface area (Å²) >= 11 is 0. The number of benzene rings is 1.